The van der Waals surface area contributed by atoms with Gasteiger partial charge in [-0.3, -0.25) is 19.3 Å². The molecular formula is C31H35N3O8. The number of carbonyl (C=O) groups excluding carboxylic acids is 3. The number of hydrogen-bond donors (Lipinski definition) is 7. The summed E-state index contributed by atoms with van der Waals surface area (Å²) in [6, 6.07) is 11.9. The van der Waals surface area contributed by atoms with E-state index in [-0.39, 0.29) is 17.9 Å². The Hall–Kier alpha value is -4.03. The van der Waals surface area contributed by atoms with Crippen molar-refractivity contribution < 1.29 is 39.9 Å². The fourth-order valence-electron chi connectivity index (χ4n) is 6.91. The maximum atomic E-state index is 14.0. The lowest BCUT2D eigenvalue weighted by Gasteiger charge is -2.53. The van der Waals surface area contributed by atoms with E-state index in [1.165, 1.54) is 19.0 Å². The molecule has 2 aromatic carbocycles. The Balaban J connectivity index is 1.56. The molecule has 0 saturated heterocycles. The summed E-state index contributed by atoms with van der Waals surface area (Å²) in [6.45, 7) is 2.55. The van der Waals surface area contributed by atoms with Crippen molar-refractivity contribution in [3.63, 3.8) is 0 Å². The van der Waals surface area contributed by atoms with Crippen molar-refractivity contribution in [1.82, 2.24) is 10.2 Å². The van der Waals surface area contributed by atoms with Crippen LogP contribution in [0.5, 0.6) is 5.75 Å². The molecule has 0 heterocycles. The number of ketones is 2. The molecule has 0 aliphatic heterocycles. The minimum atomic E-state index is -2.93. The molecule has 0 spiro atoms. The Morgan fingerprint density at radius 3 is 2.36 bits per heavy atom. The monoisotopic (exact) mass is 577 g/mol. The van der Waals surface area contributed by atoms with Crippen LogP contribution in [0.15, 0.2) is 65.1 Å². The number of amides is 1. The highest BCUT2D eigenvalue weighted by Crippen LogP contribution is 2.55. The Morgan fingerprint density at radius 2 is 1.74 bits per heavy atom. The molecule has 0 fully saturated rings. The number of nitrogens with zero attached hydrogens (tertiary/aromatic N) is 1. The summed E-state index contributed by atoms with van der Waals surface area (Å²) >= 11 is 0. The van der Waals surface area contributed by atoms with Gasteiger partial charge >= 0.3 is 0 Å². The second kappa shape index (κ2) is 10.7. The molecule has 11 heteroatoms. The van der Waals surface area contributed by atoms with E-state index in [1.54, 1.807) is 19.1 Å². The third kappa shape index (κ3) is 4.23. The fraction of sp³-hybridized carbons (Fsp3) is 0.387. The number of Topliss-reactive ketones (excluding diaryl/α,β-unsaturated/α-hetero) is 2. The van der Waals surface area contributed by atoms with Crippen molar-refractivity contribution in [3.8, 4) is 5.75 Å². The number of primary amides is 1. The number of benzene rings is 2. The van der Waals surface area contributed by atoms with E-state index >= 15 is 0 Å². The quantitative estimate of drug-likeness (QED) is 0.184. The van der Waals surface area contributed by atoms with E-state index in [4.69, 9.17) is 5.73 Å². The van der Waals surface area contributed by atoms with Gasteiger partial charge in [-0.05, 0) is 44.1 Å². The number of phenolic OH excluding ortho intramolecular Hbond substituents is 1. The minimum absolute atomic E-state index is 0.0992. The van der Waals surface area contributed by atoms with E-state index in [1.807, 2.05) is 30.3 Å². The van der Waals surface area contributed by atoms with Gasteiger partial charge in [0.15, 0.2) is 11.4 Å². The van der Waals surface area contributed by atoms with Gasteiger partial charge in [0, 0.05) is 23.6 Å². The molecule has 42 heavy (non-hydrogen) atoms. The predicted molar refractivity (Wildman–Crippen MR) is 152 cm³/mol. The topological polar surface area (TPSA) is 194 Å². The zero-order chi connectivity index (χ0) is 30.7. The van der Waals surface area contributed by atoms with Crippen LogP contribution in [0, 0.1) is 11.8 Å². The molecule has 11 nitrogen and oxygen atoms in total. The highest BCUT2D eigenvalue weighted by atomic mass is 16.4. The number of aliphatic hydroxyl groups is 4. The van der Waals surface area contributed by atoms with Crippen LogP contribution in [0.4, 0.5) is 0 Å². The molecule has 0 bridgehead atoms. The van der Waals surface area contributed by atoms with Gasteiger partial charge in [-0.1, -0.05) is 49.4 Å². The summed E-state index contributed by atoms with van der Waals surface area (Å²) < 4.78 is 0. The summed E-state index contributed by atoms with van der Waals surface area (Å²) in [7, 11) is 2.99. The molecule has 0 saturated carbocycles. The van der Waals surface area contributed by atoms with Gasteiger partial charge in [0.1, 0.15) is 22.8 Å². The second-order valence-corrected chi connectivity index (χ2v) is 11.5. The lowest BCUT2D eigenvalue weighted by Crippen LogP contribution is -2.68. The van der Waals surface area contributed by atoms with Crippen LogP contribution in [0.3, 0.4) is 0 Å². The van der Waals surface area contributed by atoms with Crippen LogP contribution >= 0.6 is 0 Å². The third-order valence-electron chi connectivity index (χ3n) is 8.96. The van der Waals surface area contributed by atoms with Gasteiger partial charge in [0.05, 0.1) is 23.6 Å². The van der Waals surface area contributed by atoms with Gasteiger partial charge in [0.2, 0.25) is 5.78 Å². The summed E-state index contributed by atoms with van der Waals surface area (Å²) in [5.41, 5.74) is 2.97. The first kappa shape index (κ1) is 29.5. The van der Waals surface area contributed by atoms with E-state index < -0.39 is 75.6 Å². The third-order valence-corrected chi connectivity index (χ3v) is 8.96. The molecule has 222 valence electrons. The molecule has 3 aliphatic carbocycles. The number of rotatable bonds is 7. The van der Waals surface area contributed by atoms with Crippen LogP contribution in [0.2, 0.25) is 0 Å². The highest BCUT2D eigenvalue weighted by Gasteiger charge is 2.67. The first-order valence-electron chi connectivity index (χ1n) is 13.8. The first-order chi connectivity index (χ1) is 19.8. The zero-order valence-electron chi connectivity index (χ0n) is 23.5. The Morgan fingerprint density at radius 1 is 1.07 bits per heavy atom. The number of hydrogen-bond acceptors (Lipinski definition) is 10. The summed E-state index contributed by atoms with van der Waals surface area (Å²) in [5.74, 6) is -8.96. The maximum Gasteiger partial charge on any atom is 0.255 e. The van der Waals surface area contributed by atoms with Crippen LogP contribution in [-0.2, 0) is 22.6 Å². The highest BCUT2D eigenvalue weighted by molar-refractivity contribution is 6.25. The van der Waals surface area contributed by atoms with Gasteiger partial charge in [-0.15, -0.1) is 0 Å². The fourth-order valence-corrected chi connectivity index (χ4v) is 6.91. The predicted octanol–water partition coefficient (Wildman–Crippen LogP) is 0.985. The Kier molecular flexibility index (Phi) is 7.48. The molecule has 3 aliphatic rings. The van der Waals surface area contributed by atoms with E-state index in [0.29, 0.717) is 17.7 Å². The number of aromatic hydroxyl groups is 1. The molecule has 0 aromatic heterocycles. The molecule has 0 unspecified atom stereocenters. The van der Waals surface area contributed by atoms with Crippen LogP contribution in [0.1, 0.15) is 39.9 Å². The number of carbonyl (C=O) groups is 3. The van der Waals surface area contributed by atoms with Crippen molar-refractivity contribution in [2.24, 2.45) is 17.6 Å². The van der Waals surface area contributed by atoms with E-state index in [9.17, 15) is 39.9 Å². The van der Waals surface area contributed by atoms with Crippen molar-refractivity contribution >= 4 is 17.5 Å². The average Bonchev–Trinajstić information content (AvgIpc) is 2.94. The normalized spacial score (nSPS) is 29.0. The SMILES string of the molecule is C[C@@H]1c2ccc(CNCCc3ccccc3)c(O)c2C(=O)C2=C(O)[C@@]3(O)C(=O)C(C(N)=O)=C(O)[C@@H](N(C)C)[C@@H]3[C@H](O)[C@H]21. The Labute approximate surface area is 242 Å². The van der Waals surface area contributed by atoms with Gasteiger partial charge in [-0.2, -0.15) is 0 Å². The number of nitrogens with two attached hydrogens (primary N) is 1. The van der Waals surface area contributed by atoms with E-state index in [2.05, 4.69) is 5.32 Å². The van der Waals surface area contributed by atoms with Gasteiger partial charge in [-0.25, -0.2) is 0 Å². The molecule has 6 atom stereocenters. The molecule has 5 rings (SSSR count). The van der Waals surface area contributed by atoms with Crippen molar-refractivity contribution in [2.75, 3.05) is 20.6 Å². The number of fused-ring (bicyclic) bond motifs is 3. The van der Waals surface area contributed by atoms with Crippen LogP contribution < -0.4 is 11.1 Å². The summed E-state index contributed by atoms with van der Waals surface area (Å²) in [6.07, 6.45) is -0.871. The minimum Gasteiger partial charge on any atom is -0.510 e. The number of aliphatic hydroxyl groups excluding tert-OH is 3. The number of nitrogens with one attached hydrogen (secondary N) is 1. The largest absolute Gasteiger partial charge is 0.510 e. The average molecular weight is 578 g/mol. The number of likely N-dealkylation sites (N-methyl/N-ethyl adjacent to an activating group) is 1. The van der Waals surface area contributed by atoms with Crippen molar-refractivity contribution in [1.29, 1.82) is 0 Å². The zero-order valence-corrected chi connectivity index (χ0v) is 23.5. The summed E-state index contributed by atoms with van der Waals surface area (Å²) in [4.78, 5) is 41.0. The van der Waals surface area contributed by atoms with E-state index in [0.717, 1.165) is 12.0 Å². The van der Waals surface area contributed by atoms with Gasteiger partial charge < -0.3 is 36.6 Å². The Bertz CT molecular complexity index is 1530. The number of phenols is 1. The van der Waals surface area contributed by atoms with Crippen molar-refractivity contribution in [2.45, 2.75) is 43.6 Å². The smallest absolute Gasteiger partial charge is 0.255 e. The standard InChI is InChI=1S/C31H35N3O8/c1-14-17-10-9-16(13-33-12-11-15-7-5-4-6-8-15)24(35)19(17)25(36)20-18(14)26(37)22-23(34(2)3)27(38)21(30(32)41)29(40)31(22,42)28(20)39/h4-10,14,18,22-23,26,33,35,37-39,42H,11-13H2,1-3H3,(H2,32,41)/t14-,18+,22-,23+,26-,31-/m1/s1. The lowest BCUT2D eigenvalue weighted by atomic mass is 9.55. The van der Waals surface area contributed by atoms with Crippen molar-refractivity contribution in [3.05, 3.63) is 87.4 Å². The molecule has 1 amide bonds. The molecule has 8 N–H and O–H groups in total. The molecule has 2 aromatic rings. The lowest BCUT2D eigenvalue weighted by molar-refractivity contribution is -0.162. The molecule has 0 radical (unpaired) electrons. The van der Waals surface area contributed by atoms with Gasteiger partial charge in [0.25, 0.3) is 5.91 Å². The first-order valence-corrected chi connectivity index (χ1v) is 13.8. The molecular weight excluding hydrogens is 542 g/mol. The van der Waals surface area contributed by atoms with Crippen LogP contribution in [0.25, 0.3) is 0 Å². The maximum absolute atomic E-state index is 14.0. The summed E-state index contributed by atoms with van der Waals surface area (Å²) in [5, 5.41) is 60.3. The van der Waals surface area contributed by atoms with Crippen LogP contribution in [-0.4, -0.2) is 86.3 Å². The second-order valence-electron chi connectivity index (χ2n) is 11.5.